The Morgan fingerprint density at radius 1 is 1.40 bits per heavy atom. The van der Waals surface area contributed by atoms with Gasteiger partial charge in [-0.15, -0.1) is 0 Å². The number of hydrogen-bond donors (Lipinski definition) is 1. The summed E-state index contributed by atoms with van der Waals surface area (Å²) in [4.78, 5) is 19.1. The minimum atomic E-state index is -0.0556. The molecule has 2 aromatic heterocycles. The number of hydrogen-bond acceptors (Lipinski definition) is 4. The van der Waals surface area contributed by atoms with Crippen molar-refractivity contribution in [3.63, 3.8) is 0 Å². The maximum atomic E-state index is 13.1. The molecule has 0 fully saturated rings. The smallest absolute Gasteiger partial charge is 0.274 e. The number of nitrogens with zero attached hydrogens (tertiary/aromatic N) is 3. The lowest BCUT2D eigenvalue weighted by molar-refractivity contribution is -0.00701. The molecular formula is C19H22N4O2. The molecule has 0 bridgehead atoms. The SMILES string of the molecule is C[C@@H]1Cc2c(C(=O)N3CCC=C(c4cccnc4)C3)n[nH]c2[C@H](C)O1. The van der Waals surface area contributed by atoms with Gasteiger partial charge in [0.05, 0.1) is 17.9 Å². The van der Waals surface area contributed by atoms with Crippen LogP contribution in [0.15, 0.2) is 30.6 Å². The molecule has 2 aromatic rings. The summed E-state index contributed by atoms with van der Waals surface area (Å²) in [6.45, 7) is 5.33. The van der Waals surface area contributed by atoms with Crippen molar-refractivity contribution in [2.75, 3.05) is 13.1 Å². The Hall–Kier alpha value is -2.47. The number of H-pyrrole nitrogens is 1. The number of aromatic nitrogens is 3. The zero-order chi connectivity index (χ0) is 17.4. The molecule has 2 aliphatic rings. The van der Waals surface area contributed by atoms with Gasteiger partial charge in [0.2, 0.25) is 0 Å². The number of carbonyl (C=O) groups is 1. The average Bonchev–Trinajstić information content (AvgIpc) is 3.06. The van der Waals surface area contributed by atoms with E-state index in [-0.39, 0.29) is 18.1 Å². The molecule has 25 heavy (non-hydrogen) atoms. The Balaban J connectivity index is 1.57. The van der Waals surface area contributed by atoms with Crippen molar-refractivity contribution in [1.82, 2.24) is 20.1 Å². The van der Waals surface area contributed by atoms with Gasteiger partial charge < -0.3 is 9.64 Å². The van der Waals surface area contributed by atoms with E-state index in [2.05, 4.69) is 21.3 Å². The standard InChI is InChI=1S/C19H22N4O2/c1-12-9-16-17(13(2)25-12)21-22-18(16)19(24)23-8-4-6-15(11-23)14-5-3-7-20-10-14/h3,5-7,10,12-13H,4,8-9,11H2,1-2H3,(H,21,22)/t12-,13+/m1/s1. The zero-order valence-corrected chi connectivity index (χ0v) is 14.5. The molecule has 6 nitrogen and oxygen atoms in total. The predicted molar refractivity (Wildman–Crippen MR) is 94.0 cm³/mol. The van der Waals surface area contributed by atoms with Crippen molar-refractivity contribution in [3.05, 3.63) is 53.1 Å². The molecule has 2 atom stereocenters. The molecule has 0 aliphatic carbocycles. The van der Waals surface area contributed by atoms with Crippen LogP contribution in [0.2, 0.25) is 0 Å². The van der Waals surface area contributed by atoms with Crippen molar-refractivity contribution >= 4 is 11.5 Å². The number of amides is 1. The largest absolute Gasteiger partial charge is 0.369 e. The summed E-state index contributed by atoms with van der Waals surface area (Å²) in [5.74, 6) is -0.00621. The summed E-state index contributed by atoms with van der Waals surface area (Å²) in [6, 6.07) is 3.95. The molecule has 1 amide bonds. The number of aromatic amines is 1. The lowest BCUT2D eigenvalue weighted by Crippen LogP contribution is -2.36. The predicted octanol–water partition coefficient (Wildman–Crippen LogP) is 2.76. The van der Waals surface area contributed by atoms with E-state index in [0.29, 0.717) is 18.8 Å². The van der Waals surface area contributed by atoms with Crippen molar-refractivity contribution in [2.45, 2.75) is 38.9 Å². The van der Waals surface area contributed by atoms with Crippen LogP contribution in [-0.2, 0) is 11.2 Å². The summed E-state index contributed by atoms with van der Waals surface area (Å²) in [5, 5.41) is 7.34. The Kier molecular flexibility index (Phi) is 4.13. The first-order valence-corrected chi connectivity index (χ1v) is 8.74. The summed E-state index contributed by atoms with van der Waals surface area (Å²) in [6.07, 6.45) is 7.40. The Morgan fingerprint density at radius 3 is 3.08 bits per heavy atom. The van der Waals surface area contributed by atoms with E-state index in [9.17, 15) is 4.79 Å². The second kappa shape index (κ2) is 6.44. The van der Waals surface area contributed by atoms with E-state index in [1.54, 1.807) is 6.20 Å². The number of rotatable bonds is 2. The molecule has 6 heteroatoms. The number of ether oxygens (including phenoxy) is 1. The fourth-order valence-corrected chi connectivity index (χ4v) is 3.68. The molecule has 0 saturated heterocycles. The monoisotopic (exact) mass is 338 g/mol. The molecule has 0 unspecified atom stereocenters. The van der Waals surface area contributed by atoms with Gasteiger partial charge in [0.25, 0.3) is 5.91 Å². The second-order valence-electron chi connectivity index (χ2n) is 6.74. The van der Waals surface area contributed by atoms with Crippen molar-refractivity contribution < 1.29 is 9.53 Å². The number of pyridine rings is 1. The lowest BCUT2D eigenvalue weighted by Gasteiger charge is -2.28. The third-order valence-corrected chi connectivity index (χ3v) is 4.91. The highest BCUT2D eigenvalue weighted by Crippen LogP contribution is 2.31. The minimum Gasteiger partial charge on any atom is -0.369 e. The normalized spacial score (nSPS) is 23.1. The Bertz CT molecular complexity index is 812. The fourth-order valence-electron chi connectivity index (χ4n) is 3.68. The van der Waals surface area contributed by atoms with Crippen LogP contribution in [0.1, 0.15) is 53.7 Å². The van der Waals surface area contributed by atoms with Gasteiger partial charge in [0.15, 0.2) is 5.69 Å². The lowest BCUT2D eigenvalue weighted by atomic mass is 9.98. The molecule has 0 spiro atoms. The molecule has 2 aliphatic heterocycles. The number of fused-ring (bicyclic) bond motifs is 1. The van der Waals surface area contributed by atoms with Crippen LogP contribution in [-0.4, -0.2) is 45.2 Å². The fraction of sp³-hybridized carbons (Fsp3) is 0.421. The third kappa shape index (κ3) is 2.98. The summed E-state index contributed by atoms with van der Waals surface area (Å²) in [7, 11) is 0. The van der Waals surface area contributed by atoms with Crippen LogP contribution >= 0.6 is 0 Å². The third-order valence-electron chi connectivity index (χ3n) is 4.91. The maximum Gasteiger partial charge on any atom is 0.274 e. The van der Waals surface area contributed by atoms with Gasteiger partial charge in [0.1, 0.15) is 0 Å². The Morgan fingerprint density at radius 2 is 2.28 bits per heavy atom. The first kappa shape index (κ1) is 16.0. The van der Waals surface area contributed by atoms with Crippen LogP contribution < -0.4 is 0 Å². The highest BCUT2D eigenvalue weighted by molar-refractivity contribution is 5.95. The molecular weight excluding hydrogens is 316 g/mol. The van der Waals surface area contributed by atoms with Gasteiger partial charge in [-0.1, -0.05) is 12.1 Å². The quantitative estimate of drug-likeness (QED) is 0.914. The summed E-state index contributed by atoms with van der Waals surface area (Å²) in [5.41, 5.74) is 4.70. The average molecular weight is 338 g/mol. The summed E-state index contributed by atoms with van der Waals surface area (Å²) < 4.78 is 5.81. The molecule has 0 aromatic carbocycles. The van der Waals surface area contributed by atoms with Crippen molar-refractivity contribution in [1.29, 1.82) is 0 Å². The van der Waals surface area contributed by atoms with Gasteiger partial charge >= 0.3 is 0 Å². The number of nitrogens with one attached hydrogen (secondary N) is 1. The first-order valence-electron chi connectivity index (χ1n) is 8.74. The van der Waals surface area contributed by atoms with E-state index in [1.165, 1.54) is 0 Å². The Labute approximate surface area is 146 Å². The van der Waals surface area contributed by atoms with Gasteiger partial charge in [-0.25, -0.2) is 0 Å². The maximum absolute atomic E-state index is 13.1. The topological polar surface area (TPSA) is 71.1 Å². The van der Waals surface area contributed by atoms with Gasteiger partial charge in [-0.3, -0.25) is 14.9 Å². The molecule has 1 N–H and O–H groups in total. The van der Waals surface area contributed by atoms with Gasteiger partial charge in [-0.05, 0) is 37.5 Å². The minimum absolute atomic E-state index is 0.00621. The molecule has 4 rings (SSSR count). The first-order chi connectivity index (χ1) is 12.1. The van der Waals surface area contributed by atoms with E-state index in [0.717, 1.165) is 35.2 Å². The van der Waals surface area contributed by atoms with Crippen molar-refractivity contribution in [3.8, 4) is 0 Å². The van der Waals surface area contributed by atoms with Crippen LogP contribution in [0.4, 0.5) is 0 Å². The summed E-state index contributed by atoms with van der Waals surface area (Å²) >= 11 is 0. The van der Waals surface area contributed by atoms with Crippen LogP contribution in [0.5, 0.6) is 0 Å². The zero-order valence-electron chi connectivity index (χ0n) is 14.5. The van der Waals surface area contributed by atoms with E-state index in [1.807, 2.05) is 37.1 Å². The van der Waals surface area contributed by atoms with Crippen LogP contribution in [0, 0.1) is 0 Å². The highest BCUT2D eigenvalue weighted by atomic mass is 16.5. The molecule has 130 valence electrons. The number of carbonyl (C=O) groups excluding carboxylic acids is 1. The molecule has 0 saturated carbocycles. The van der Waals surface area contributed by atoms with Crippen molar-refractivity contribution in [2.24, 2.45) is 0 Å². The van der Waals surface area contributed by atoms with E-state index in [4.69, 9.17) is 4.74 Å². The second-order valence-corrected chi connectivity index (χ2v) is 6.74. The van der Waals surface area contributed by atoms with E-state index >= 15 is 0 Å². The van der Waals surface area contributed by atoms with Crippen LogP contribution in [0.3, 0.4) is 0 Å². The van der Waals surface area contributed by atoms with E-state index < -0.39 is 0 Å². The molecule has 4 heterocycles. The van der Waals surface area contributed by atoms with Crippen LogP contribution in [0.25, 0.3) is 5.57 Å². The molecule has 0 radical (unpaired) electrons. The van der Waals surface area contributed by atoms with Gasteiger partial charge in [-0.2, -0.15) is 5.10 Å². The highest BCUT2D eigenvalue weighted by Gasteiger charge is 2.32. The van der Waals surface area contributed by atoms with Gasteiger partial charge in [0, 0.05) is 37.5 Å².